The zero-order chi connectivity index (χ0) is 5.58. The molecule has 0 saturated carbocycles. The number of halogens is 1. The molecule has 0 aromatic rings. The fourth-order valence-electron chi connectivity index (χ4n) is 0. The van der Waals surface area contributed by atoms with Crippen LogP contribution in [0.1, 0.15) is 6.92 Å². The van der Waals surface area contributed by atoms with Crippen molar-refractivity contribution < 1.29 is 41.5 Å². The van der Waals surface area contributed by atoms with Gasteiger partial charge in [-0.1, -0.05) is 0 Å². The first-order valence-corrected chi connectivity index (χ1v) is 3.10. The summed E-state index contributed by atoms with van der Waals surface area (Å²) in [4.78, 5) is 0. The molecule has 5 heteroatoms. The van der Waals surface area contributed by atoms with Gasteiger partial charge in [-0.05, 0) is 10.7 Å². The van der Waals surface area contributed by atoms with Gasteiger partial charge in [0, 0.05) is 43.0 Å². The third kappa shape index (κ3) is 101. The molecule has 0 aliphatic carbocycles. The topological polar surface area (TPSA) is 40.1 Å². The molecule has 0 saturated heterocycles. The maximum atomic E-state index is 8.77. The van der Waals surface area contributed by atoms with Gasteiger partial charge in [-0.25, -0.2) is 0 Å². The molecule has 1 atom stereocenters. The van der Waals surface area contributed by atoms with E-state index in [-0.39, 0.29) is 32.7 Å². The Morgan fingerprint density at radius 2 is 1.71 bits per heavy atom. The van der Waals surface area contributed by atoms with Crippen LogP contribution in [-0.4, -0.2) is 8.76 Å². The maximum Gasteiger partial charge on any atom is 0.0422 e. The van der Waals surface area contributed by atoms with Crippen LogP contribution < -0.4 is 0 Å². The Kier molecular flexibility index (Phi) is 35.3. The minimum Gasteiger partial charge on any atom is -0.760 e. The predicted octanol–water partition coefficient (Wildman–Crippen LogP) is 0.857. The van der Waals surface area contributed by atoms with Crippen molar-refractivity contribution in [3.05, 3.63) is 6.92 Å². The van der Waals surface area contributed by atoms with Gasteiger partial charge in [0.05, 0.1) is 0 Å². The molecule has 43 valence electrons. The van der Waals surface area contributed by atoms with E-state index in [0.29, 0.717) is 0 Å². The van der Waals surface area contributed by atoms with Crippen molar-refractivity contribution in [1.82, 2.24) is 0 Å². The summed E-state index contributed by atoms with van der Waals surface area (Å²) in [6, 6.07) is 0. The molecule has 0 rings (SSSR count). The van der Waals surface area contributed by atoms with Crippen molar-refractivity contribution >= 4 is 21.0 Å². The Labute approximate surface area is 75.7 Å². The van der Waals surface area contributed by atoms with E-state index >= 15 is 0 Å². The Balaban J connectivity index is -0.0000000480. The Morgan fingerprint density at radius 1 is 1.71 bits per heavy atom. The Hall–Kier alpha value is 1.50. The number of hydrogen-bond donors (Lipinski definition) is 0. The molecule has 0 spiro atoms. The van der Waals surface area contributed by atoms with E-state index in [1.54, 1.807) is 6.92 Å². The summed E-state index contributed by atoms with van der Waals surface area (Å²) in [6.45, 7) is 5.00. The molecule has 0 aromatic carbocycles. The van der Waals surface area contributed by atoms with E-state index in [0.717, 1.165) is 0 Å². The third-order valence-corrected chi connectivity index (χ3v) is 0. The quantitative estimate of drug-likeness (QED) is 0.343. The first-order valence-electron chi connectivity index (χ1n) is 1.19. The summed E-state index contributed by atoms with van der Waals surface area (Å²) in [5.74, 6) is 0. The Bertz CT molecular complexity index is 38.7. The standard InChI is InChI=1S/C2H5.ClHO2S.Y/c1-2;1-4(2)3;/h1H2,2H3;(H,2,3);/q-1;;/p-1. The van der Waals surface area contributed by atoms with E-state index in [4.69, 9.17) is 8.76 Å². The SMILES string of the molecule is O=S([O-])Cl.[CH2-]C.[Y]. The summed E-state index contributed by atoms with van der Waals surface area (Å²) in [5.41, 5.74) is 0. The van der Waals surface area contributed by atoms with Gasteiger partial charge in [-0.15, -0.1) is 0 Å². The predicted molar refractivity (Wildman–Crippen MR) is 25.8 cm³/mol. The van der Waals surface area contributed by atoms with Gasteiger partial charge in [0.15, 0.2) is 0 Å². The van der Waals surface area contributed by atoms with Crippen molar-refractivity contribution in [3.8, 4) is 0 Å². The normalized spacial score (nSPS) is 9.71. The van der Waals surface area contributed by atoms with E-state index in [1.165, 1.54) is 0 Å². The van der Waals surface area contributed by atoms with Crippen LogP contribution in [0.2, 0.25) is 0 Å². The van der Waals surface area contributed by atoms with Crippen molar-refractivity contribution in [3.63, 3.8) is 0 Å². The minimum absolute atomic E-state index is 0. The summed E-state index contributed by atoms with van der Waals surface area (Å²) in [6.07, 6.45) is 0. The van der Waals surface area contributed by atoms with Crippen LogP contribution in [0.15, 0.2) is 0 Å². The first-order chi connectivity index (χ1) is 2.73. The molecule has 0 amide bonds. The van der Waals surface area contributed by atoms with Crippen molar-refractivity contribution in [2.45, 2.75) is 6.92 Å². The molecule has 0 heterocycles. The molecule has 2 nitrogen and oxygen atoms in total. The van der Waals surface area contributed by atoms with Crippen LogP contribution in [0.4, 0.5) is 0 Å². The fraction of sp³-hybridized carbons (Fsp3) is 0.500. The first kappa shape index (κ1) is 15.8. The van der Waals surface area contributed by atoms with Crippen molar-refractivity contribution in [2.75, 3.05) is 0 Å². The second-order valence-corrected chi connectivity index (χ2v) is 1.34. The second-order valence-electron chi connectivity index (χ2n) is 0.194. The molecular formula is C2H5ClO2SY-2. The summed E-state index contributed by atoms with van der Waals surface area (Å²) >= 11 is 0. The van der Waals surface area contributed by atoms with E-state index in [1.807, 2.05) is 0 Å². The van der Waals surface area contributed by atoms with Crippen LogP contribution >= 0.6 is 10.7 Å². The van der Waals surface area contributed by atoms with Gasteiger partial charge >= 0.3 is 0 Å². The van der Waals surface area contributed by atoms with Crippen molar-refractivity contribution in [1.29, 1.82) is 0 Å². The van der Waals surface area contributed by atoms with Gasteiger partial charge in [-0.3, -0.25) is 4.21 Å². The maximum absolute atomic E-state index is 8.77. The molecule has 0 fully saturated rings. The fourth-order valence-corrected chi connectivity index (χ4v) is 0. The van der Waals surface area contributed by atoms with Crippen LogP contribution in [0, 0.1) is 6.92 Å². The zero-order valence-electron chi connectivity index (χ0n) is 3.89. The number of rotatable bonds is 0. The third-order valence-electron chi connectivity index (χ3n) is 0. The van der Waals surface area contributed by atoms with Crippen LogP contribution in [0.5, 0.6) is 0 Å². The molecular weight excluding hydrogens is 212 g/mol. The summed E-state index contributed by atoms with van der Waals surface area (Å²) < 4.78 is 17.5. The van der Waals surface area contributed by atoms with Crippen molar-refractivity contribution in [2.24, 2.45) is 0 Å². The second kappa shape index (κ2) is 15.6. The summed E-state index contributed by atoms with van der Waals surface area (Å²) in [7, 11) is 1.80. The average molecular weight is 217 g/mol. The van der Waals surface area contributed by atoms with Gasteiger partial charge in [0.2, 0.25) is 0 Å². The van der Waals surface area contributed by atoms with Crippen LogP contribution in [0.25, 0.3) is 0 Å². The molecule has 1 radical (unpaired) electrons. The van der Waals surface area contributed by atoms with Gasteiger partial charge in [-0.2, -0.15) is 6.92 Å². The van der Waals surface area contributed by atoms with Gasteiger partial charge < -0.3 is 11.5 Å². The van der Waals surface area contributed by atoms with Crippen LogP contribution in [-0.2, 0) is 43.0 Å². The van der Waals surface area contributed by atoms with Crippen LogP contribution in [0.3, 0.4) is 0 Å². The minimum atomic E-state index is -2.39. The van der Waals surface area contributed by atoms with E-state index in [9.17, 15) is 0 Å². The molecule has 0 bridgehead atoms. The molecule has 7 heavy (non-hydrogen) atoms. The number of hydrogen-bond acceptors (Lipinski definition) is 2. The van der Waals surface area contributed by atoms with Gasteiger partial charge in [0.25, 0.3) is 0 Å². The smallest absolute Gasteiger partial charge is 0.0422 e. The molecule has 0 aliphatic rings. The largest absolute Gasteiger partial charge is 0.760 e. The Morgan fingerprint density at radius 3 is 1.71 bits per heavy atom. The van der Waals surface area contributed by atoms with E-state index in [2.05, 4.69) is 17.6 Å². The molecule has 0 N–H and O–H groups in total. The zero-order valence-corrected chi connectivity index (χ0v) is 8.30. The molecule has 0 aromatic heterocycles. The monoisotopic (exact) mass is 217 g/mol. The van der Waals surface area contributed by atoms with Gasteiger partial charge in [0.1, 0.15) is 0 Å². The van der Waals surface area contributed by atoms with E-state index < -0.39 is 10.3 Å². The summed E-state index contributed by atoms with van der Waals surface area (Å²) in [5, 5.41) is 0. The molecule has 0 aliphatic heterocycles. The average Bonchev–Trinajstić information content (AvgIpc) is 1.41. The molecule has 1 unspecified atom stereocenters.